The van der Waals surface area contributed by atoms with Gasteiger partial charge in [-0.2, -0.15) is 0 Å². The van der Waals surface area contributed by atoms with Gasteiger partial charge in [-0.3, -0.25) is 5.32 Å². The molecule has 0 amide bonds. The average molecular weight is 241 g/mol. The van der Waals surface area contributed by atoms with Gasteiger partial charge in [-0.1, -0.05) is 31.0 Å². The molecule has 0 saturated heterocycles. The molecule has 18 heavy (non-hydrogen) atoms. The summed E-state index contributed by atoms with van der Waals surface area (Å²) in [5.74, 6) is 3.73. The Morgan fingerprint density at radius 2 is 2.11 bits per heavy atom. The predicted molar refractivity (Wildman–Crippen MR) is 75.4 cm³/mol. The van der Waals surface area contributed by atoms with Crippen molar-refractivity contribution in [2.24, 2.45) is 0 Å². The molecule has 1 N–H and O–H groups in total. The third-order valence-electron chi connectivity index (χ3n) is 3.33. The van der Waals surface area contributed by atoms with Crippen molar-refractivity contribution in [2.75, 3.05) is 0 Å². The van der Waals surface area contributed by atoms with E-state index in [4.69, 9.17) is 10.8 Å². The van der Waals surface area contributed by atoms with E-state index in [-0.39, 0.29) is 12.1 Å². The number of hydrogen-bond acceptors (Lipinski definition) is 2. The first-order valence-corrected chi connectivity index (χ1v) is 6.37. The fourth-order valence-corrected chi connectivity index (χ4v) is 2.27. The van der Waals surface area contributed by atoms with Gasteiger partial charge in [0.25, 0.3) is 0 Å². The van der Waals surface area contributed by atoms with Crippen molar-refractivity contribution < 1.29 is 4.42 Å². The number of benzene rings is 1. The summed E-state index contributed by atoms with van der Waals surface area (Å²) in [5.41, 5.74) is 2.13. The van der Waals surface area contributed by atoms with Gasteiger partial charge < -0.3 is 4.42 Å². The molecule has 2 heteroatoms. The number of fused-ring (bicyclic) bond motifs is 1. The van der Waals surface area contributed by atoms with Crippen LogP contribution in [-0.2, 0) is 0 Å². The van der Waals surface area contributed by atoms with E-state index in [9.17, 15) is 0 Å². The van der Waals surface area contributed by atoms with Gasteiger partial charge in [0, 0.05) is 5.39 Å². The number of aryl methyl sites for hydroxylation is 1. The SMILES string of the molecule is C#CC(CC)NC(C)c1oc2ccccc2c1C. The lowest BCUT2D eigenvalue weighted by molar-refractivity contribution is 0.425. The zero-order valence-corrected chi connectivity index (χ0v) is 11.2. The molecule has 0 radical (unpaired) electrons. The van der Waals surface area contributed by atoms with Gasteiger partial charge in [-0.05, 0) is 31.9 Å². The monoisotopic (exact) mass is 241 g/mol. The minimum absolute atomic E-state index is 0.0904. The summed E-state index contributed by atoms with van der Waals surface area (Å²) in [4.78, 5) is 0. The molecule has 0 bridgehead atoms. The number of nitrogens with one attached hydrogen (secondary N) is 1. The van der Waals surface area contributed by atoms with Crippen LogP contribution in [0.15, 0.2) is 28.7 Å². The highest BCUT2D eigenvalue weighted by atomic mass is 16.3. The van der Waals surface area contributed by atoms with Crippen LogP contribution in [-0.4, -0.2) is 6.04 Å². The van der Waals surface area contributed by atoms with E-state index in [1.165, 1.54) is 10.9 Å². The second kappa shape index (κ2) is 5.29. The fourth-order valence-electron chi connectivity index (χ4n) is 2.27. The van der Waals surface area contributed by atoms with Crippen molar-refractivity contribution in [1.29, 1.82) is 0 Å². The lowest BCUT2D eigenvalue weighted by Crippen LogP contribution is -2.29. The summed E-state index contributed by atoms with van der Waals surface area (Å²) in [5, 5.41) is 4.58. The lowest BCUT2D eigenvalue weighted by Gasteiger charge is -2.16. The molecule has 2 unspecified atom stereocenters. The molecule has 1 aromatic heterocycles. The predicted octanol–water partition coefficient (Wildman–Crippen LogP) is 3.80. The Morgan fingerprint density at radius 3 is 2.72 bits per heavy atom. The van der Waals surface area contributed by atoms with Crippen LogP contribution in [0.1, 0.15) is 37.6 Å². The summed E-state index contributed by atoms with van der Waals surface area (Å²) in [6, 6.07) is 8.32. The molecule has 2 nitrogen and oxygen atoms in total. The second-order valence-corrected chi connectivity index (χ2v) is 4.60. The van der Waals surface area contributed by atoms with Gasteiger partial charge >= 0.3 is 0 Å². The van der Waals surface area contributed by atoms with Crippen LogP contribution in [0.25, 0.3) is 11.0 Å². The summed E-state index contributed by atoms with van der Waals surface area (Å²) < 4.78 is 5.92. The Labute approximate surface area is 108 Å². The average Bonchev–Trinajstić information content (AvgIpc) is 2.74. The van der Waals surface area contributed by atoms with Gasteiger partial charge in [-0.25, -0.2) is 0 Å². The Balaban J connectivity index is 2.31. The Hall–Kier alpha value is -1.72. The van der Waals surface area contributed by atoms with Crippen LogP contribution in [0.5, 0.6) is 0 Å². The normalized spacial score (nSPS) is 14.3. The van der Waals surface area contributed by atoms with Crippen LogP contribution < -0.4 is 5.32 Å². The van der Waals surface area contributed by atoms with Crippen molar-refractivity contribution in [3.8, 4) is 12.3 Å². The highest BCUT2D eigenvalue weighted by Crippen LogP contribution is 2.29. The van der Waals surface area contributed by atoms with Crippen molar-refractivity contribution in [3.63, 3.8) is 0 Å². The standard InChI is InChI=1S/C16H19NO/c1-5-13(6-2)17-12(4)16-11(3)14-9-7-8-10-15(14)18-16/h1,7-10,12-13,17H,6H2,2-4H3. The van der Waals surface area contributed by atoms with Crippen molar-refractivity contribution >= 4 is 11.0 Å². The first-order chi connectivity index (χ1) is 8.67. The van der Waals surface area contributed by atoms with E-state index in [0.29, 0.717) is 0 Å². The largest absolute Gasteiger partial charge is 0.459 e. The van der Waals surface area contributed by atoms with E-state index >= 15 is 0 Å². The van der Waals surface area contributed by atoms with E-state index in [0.717, 1.165) is 17.8 Å². The number of hydrogen-bond donors (Lipinski definition) is 1. The maximum atomic E-state index is 5.92. The van der Waals surface area contributed by atoms with E-state index in [1.54, 1.807) is 0 Å². The second-order valence-electron chi connectivity index (χ2n) is 4.60. The van der Waals surface area contributed by atoms with Crippen molar-refractivity contribution in [3.05, 3.63) is 35.6 Å². The van der Waals surface area contributed by atoms with E-state index < -0.39 is 0 Å². The molecule has 0 aliphatic carbocycles. The number of terminal acetylenes is 1. The maximum absolute atomic E-state index is 5.92. The summed E-state index contributed by atoms with van der Waals surface area (Å²) >= 11 is 0. The Morgan fingerprint density at radius 1 is 1.39 bits per heavy atom. The zero-order valence-electron chi connectivity index (χ0n) is 11.2. The van der Waals surface area contributed by atoms with Gasteiger partial charge in [0.2, 0.25) is 0 Å². The van der Waals surface area contributed by atoms with Crippen LogP contribution in [0.4, 0.5) is 0 Å². The van der Waals surface area contributed by atoms with Gasteiger partial charge in [0.05, 0.1) is 12.1 Å². The van der Waals surface area contributed by atoms with Crippen LogP contribution in [0, 0.1) is 19.3 Å². The smallest absolute Gasteiger partial charge is 0.134 e. The molecule has 2 rings (SSSR count). The van der Waals surface area contributed by atoms with Gasteiger partial charge in [0.1, 0.15) is 11.3 Å². The number of rotatable bonds is 4. The number of para-hydroxylation sites is 1. The minimum atomic E-state index is 0.0904. The summed E-state index contributed by atoms with van der Waals surface area (Å²) in [6.07, 6.45) is 6.40. The quantitative estimate of drug-likeness (QED) is 0.823. The Bertz CT molecular complexity index is 576. The molecular formula is C16H19NO. The summed E-state index contributed by atoms with van der Waals surface area (Å²) in [7, 11) is 0. The Kier molecular flexibility index (Phi) is 3.74. The van der Waals surface area contributed by atoms with E-state index in [2.05, 4.69) is 38.1 Å². The van der Waals surface area contributed by atoms with Crippen LogP contribution >= 0.6 is 0 Å². The maximum Gasteiger partial charge on any atom is 0.134 e. The first-order valence-electron chi connectivity index (χ1n) is 6.37. The van der Waals surface area contributed by atoms with Crippen molar-refractivity contribution in [1.82, 2.24) is 5.32 Å². The van der Waals surface area contributed by atoms with Crippen molar-refractivity contribution in [2.45, 2.75) is 39.3 Å². The molecule has 0 aliphatic rings. The van der Waals surface area contributed by atoms with Gasteiger partial charge in [0.15, 0.2) is 0 Å². The molecule has 1 aromatic carbocycles. The third-order valence-corrected chi connectivity index (χ3v) is 3.33. The molecular weight excluding hydrogens is 222 g/mol. The zero-order chi connectivity index (χ0) is 13.1. The van der Waals surface area contributed by atoms with Gasteiger partial charge in [-0.15, -0.1) is 6.42 Å². The van der Waals surface area contributed by atoms with Crippen LogP contribution in [0.2, 0.25) is 0 Å². The molecule has 0 aliphatic heterocycles. The first kappa shape index (κ1) is 12.7. The number of furan rings is 1. The fraction of sp³-hybridized carbons (Fsp3) is 0.375. The lowest BCUT2D eigenvalue weighted by atomic mass is 10.1. The summed E-state index contributed by atoms with van der Waals surface area (Å²) in [6.45, 7) is 6.26. The molecule has 0 fully saturated rings. The van der Waals surface area contributed by atoms with E-state index in [1.807, 2.05) is 18.2 Å². The highest BCUT2D eigenvalue weighted by molar-refractivity contribution is 5.82. The third kappa shape index (κ3) is 2.27. The molecule has 2 atom stereocenters. The highest BCUT2D eigenvalue weighted by Gasteiger charge is 2.17. The van der Waals surface area contributed by atoms with Crippen LogP contribution in [0.3, 0.4) is 0 Å². The topological polar surface area (TPSA) is 25.2 Å². The minimum Gasteiger partial charge on any atom is -0.459 e. The molecule has 2 aromatic rings. The molecule has 94 valence electrons. The molecule has 0 saturated carbocycles. The molecule has 1 heterocycles. The molecule has 0 spiro atoms.